The molecule has 0 N–H and O–H groups in total. The second kappa shape index (κ2) is 12.3. The van der Waals surface area contributed by atoms with Crippen molar-refractivity contribution < 1.29 is 28.2 Å². The standard InChI is InChI=1S/C32H32N4O4S2/c1-33-25(23-13-7-5-8-14-23)27(35-17-21-41-31(33)35)29(37)39-19-11-3-4-12-20-40-30(38)28-26(24-15-9-6-10-16-24)34(2)32-36(28)18-22-42-32/h5-10,13-18,21-22H,3-4,11-12,19-20H2,1-2H3/q+2. The molecule has 0 saturated heterocycles. The zero-order valence-electron chi connectivity index (χ0n) is 23.6. The van der Waals surface area contributed by atoms with Crippen LogP contribution in [0.15, 0.2) is 83.8 Å². The number of carbonyl (C=O) groups excluding carboxylic acids is 2. The van der Waals surface area contributed by atoms with Crippen LogP contribution < -0.4 is 9.13 Å². The van der Waals surface area contributed by atoms with Crippen LogP contribution in [-0.2, 0) is 23.6 Å². The monoisotopic (exact) mass is 600 g/mol. The van der Waals surface area contributed by atoms with Crippen LogP contribution in [0.2, 0.25) is 0 Å². The SMILES string of the molecule is C[n+]1c(-c2ccccc2)c(C(=O)OCCCCCCOC(=O)c2c(-c3ccccc3)[n+](C)c3sccn23)n2ccsc21. The lowest BCUT2D eigenvalue weighted by molar-refractivity contribution is -0.631. The minimum atomic E-state index is -0.328. The molecule has 0 fully saturated rings. The highest BCUT2D eigenvalue weighted by Crippen LogP contribution is 2.27. The van der Waals surface area contributed by atoms with E-state index in [1.807, 2.05) is 116 Å². The first-order valence-corrected chi connectivity index (χ1v) is 15.7. The summed E-state index contributed by atoms with van der Waals surface area (Å²) in [6, 6.07) is 19.8. The molecule has 0 aliphatic carbocycles. The number of ether oxygens (including phenoxy) is 2. The summed E-state index contributed by atoms with van der Waals surface area (Å²) in [7, 11) is 3.94. The van der Waals surface area contributed by atoms with Gasteiger partial charge in [0.25, 0.3) is 11.4 Å². The number of carbonyl (C=O) groups is 2. The summed E-state index contributed by atoms with van der Waals surface area (Å²) in [5, 5.41) is 3.94. The van der Waals surface area contributed by atoms with Gasteiger partial charge in [-0.2, -0.15) is 8.80 Å². The van der Waals surface area contributed by atoms with E-state index in [2.05, 4.69) is 0 Å². The topological polar surface area (TPSA) is 69.2 Å². The van der Waals surface area contributed by atoms with Gasteiger partial charge in [-0.25, -0.2) is 18.7 Å². The minimum absolute atomic E-state index is 0.328. The predicted molar refractivity (Wildman–Crippen MR) is 163 cm³/mol. The Bertz CT molecular complexity index is 1710. The molecule has 0 spiro atoms. The van der Waals surface area contributed by atoms with Crippen molar-refractivity contribution in [2.45, 2.75) is 25.7 Å². The van der Waals surface area contributed by atoms with Crippen LogP contribution in [0, 0.1) is 0 Å². The largest absolute Gasteiger partial charge is 0.459 e. The summed E-state index contributed by atoms with van der Waals surface area (Å²) in [5.74, 6) is -0.655. The number of aryl methyl sites for hydroxylation is 2. The molecule has 0 atom stereocenters. The van der Waals surface area contributed by atoms with Crippen LogP contribution in [-0.4, -0.2) is 34.0 Å². The van der Waals surface area contributed by atoms with E-state index in [1.54, 1.807) is 22.7 Å². The number of nitrogens with zero attached hydrogens (tertiary/aromatic N) is 4. The number of imidazole rings is 2. The molecule has 4 heterocycles. The van der Waals surface area contributed by atoms with Crippen LogP contribution in [0.4, 0.5) is 0 Å². The summed E-state index contributed by atoms with van der Waals surface area (Å²) in [4.78, 5) is 28.3. The molecule has 6 rings (SSSR count). The number of hydrogen-bond donors (Lipinski definition) is 0. The Kier molecular flexibility index (Phi) is 8.16. The normalized spacial score (nSPS) is 11.4. The molecule has 0 unspecified atom stereocenters. The highest BCUT2D eigenvalue weighted by atomic mass is 32.1. The van der Waals surface area contributed by atoms with Crippen molar-refractivity contribution in [2.75, 3.05) is 13.2 Å². The summed E-state index contributed by atoms with van der Waals surface area (Å²) in [6.07, 6.45) is 7.04. The van der Waals surface area contributed by atoms with Crippen LogP contribution in [0.5, 0.6) is 0 Å². The third kappa shape index (κ3) is 5.23. The first-order chi connectivity index (χ1) is 20.6. The molecule has 10 heteroatoms. The van der Waals surface area contributed by atoms with Crippen molar-refractivity contribution >= 4 is 44.5 Å². The van der Waals surface area contributed by atoms with E-state index in [1.165, 1.54) is 0 Å². The lowest BCUT2D eigenvalue weighted by Gasteiger charge is -2.06. The quantitative estimate of drug-likeness (QED) is 0.106. The molecule has 2 aromatic carbocycles. The average molecular weight is 601 g/mol. The van der Waals surface area contributed by atoms with Crippen molar-refractivity contribution in [1.82, 2.24) is 8.80 Å². The molecule has 6 aromatic rings. The lowest BCUT2D eigenvalue weighted by atomic mass is 10.1. The van der Waals surface area contributed by atoms with Crippen molar-refractivity contribution in [1.29, 1.82) is 0 Å². The highest BCUT2D eigenvalue weighted by Gasteiger charge is 2.33. The summed E-state index contributed by atoms with van der Waals surface area (Å²) in [6.45, 7) is 0.677. The molecule has 214 valence electrons. The van der Waals surface area contributed by atoms with Gasteiger partial charge in [-0.15, -0.1) is 0 Å². The summed E-state index contributed by atoms with van der Waals surface area (Å²) >= 11 is 3.17. The summed E-state index contributed by atoms with van der Waals surface area (Å²) < 4.78 is 19.3. The van der Waals surface area contributed by atoms with Crippen molar-refractivity contribution in [3.63, 3.8) is 0 Å². The van der Waals surface area contributed by atoms with E-state index >= 15 is 0 Å². The molecule has 0 radical (unpaired) electrons. The number of hydrogen-bond acceptors (Lipinski definition) is 6. The molecule has 0 bridgehead atoms. The van der Waals surface area contributed by atoms with E-state index in [0.29, 0.717) is 24.6 Å². The molecule has 0 amide bonds. The maximum atomic E-state index is 13.2. The van der Waals surface area contributed by atoms with E-state index in [-0.39, 0.29) is 11.9 Å². The molecule has 0 aliphatic rings. The molecule has 4 aromatic heterocycles. The van der Waals surface area contributed by atoms with Crippen molar-refractivity contribution in [2.24, 2.45) is 14.1 Å². The van der Waals surface area contributed by atoms with E-state index in [0.717, 1.165) is 58.1 Å². The van der Waals surface area contributed by atoms with Gasteiger partial charge in [0.05, 0.1) is 27.3 Å². The lowest BCUT2D eigenvalue weighted by Crippen LogP contribution is -2.29. The van der Waals surface area contributed by atoms with E-state index in [4.69, 9.17) is 9.47 Å². The molecule has 0 saturated carbocycles. The van der Waals surface area contributed by atoms with Gasteiger partial charge in [0, 0.05) is 21.9 Å². The Morgan fingerprint density at radius 1 is 0.643 bits per heavy atom. The fourth-order valence-corrected chi connectivity index (χ4v) is 7.01. The Morgan fingerprint density at radius 3 is 1.45 bits per heavy atom. The Labute approximate surface area is 251 Å². The maximum absolute atomic E-state index is 13.2. The highest BCUT2D eigenvalue weighted by molar-refractivity contribution is 7.15. The number of fused-ring (bicyclic) bond motifs is 2. The molecule has 0 aliphatic heterocycles. The molecule has 8 nitrogen and oxygen atoms in total. The van der Waals surface area contributed by atoms with Gasteiger partial charge in [0.2, 0.25) is 0 Å². The minimum Gasteiger partial charge on any atom is -0.459 e. The van der Waals surface area contributed by atoms with Gasteiger partial charge < -0.3 is 9.47 Å². The zero-order chi connectivity index (χ0) is 29.1. The molecule has 42 heavy (non-hydrogen) atoms. The summed E-state index contributed by atoms with van der Waals surface area (Å²) in [5.41, 5.74) is 4.73. The first-order valence-electron chi connectivity index (χ1n) is 14.0. The van der Waals surface area contributed by atoms with Gasteiger partial charge in [-0.1, -0.05) is 83.3 Å². The van der Waals surface area contributed by atoms with Crippen LogP contribution in [0.1, 0.15) is 46.7 Å². The maximum Gasteiger partial charge on any atom is 0.383 e. The van der Waals surface area contributed by atoms with Crippen LogP contribution in [0.3, 0.4) is 0 Å². The Balaban J connectivity index is 1.00. The number of thiazole rings is 2. The smallest absolute Gasteiger partial charge is 0.383 e. The predicted octanol–water partition coefficient (Wildman–Crippen LogP) is 5.87. The van der Waals surface area contributed by atoms with Crippen molar-refractivity contribution in [3.8, 4) is 22.5 Å². The average Bonchev–Trinajstić information content (AvgIpc) is 3.79. The number of esters is 2. The number of aromatic nitrogens is 4. The Morgan fingerprint density at radius 2 is 1.05 bits per heavy atom. The van der Waals surface area contributed by atoms with E-state index in [9.17, 15) is 9.59 Å². The van der Waals surface area contributed by atoms with Gasteiger partial charge in [-0.05, 0) is 25.7 Å². The zero-order valence-corrected chi connectivity index (χ0v) is 25.2. The number of benzene rings is 2. The fourth-order valence-electron chi connectivity index (χ4n) is 5.37. The second-order valence-corrected chi connectivity index (χ2v) is 11.8. The molecular formula is C32H32N4O4S2+2. The number of rotatable bonds is 11. The van der Waals surface area contributed by atoms with Crippen molar-refractivity contribution in [3.05, 3.63) is 95.2 Å². The third-order valence-corrected chi connectivity index (χ3v) is 9.22. The van der Waals surface area contributed by atoms with Gasteiger partial charge in [-0.3, -0.25) is 0 Å². The second-order valence-electron chi connectivity index (χ2n) is 10.0. The third-order valence-electron chi connectivity index (χ3n) is 7.34. The molecular weight excluding hydrogens is 569 g/mol. The Hall–Kier alpha value is -4.28. The van der Waals surface area contributed by atoms with Gasteiger partial charge >= 0.3 is 21.9 Å². The number of unbranched alkanes of at least 4 members (excludes halogenated alkanes) is 3. The van der Waals surface area contributed by atoms with Crippen LogP contribution in [0.25, 0.3) is 32.4 Å². The van der Waals surface area contributed by atoms with E-state index < -0.39 is 0 Å². The fraction of sp³-hybridized carbons (Fsp3) is 0.250. The van der Waals surface area contributed by atoms with Gasteiger partial charge in [0.1, 0.15) is 12.4 Å². The first kappa shape index (κ1) is 27.9. The van der Waals surface area contributed by atoms with Crippen LogP contribution >= 0.6 is 22.7 Å². The van der Waals surface area contributed by atoms with Gasteiger partial charge in [0.15, 0.2) is 11.4 Å².